The van der Waals surface area contributed by atoms with Crippen LogP contribution in [-0.4, -0.2) is 11.1 Å². The van der Waals surface area contributed by atoms with Crippen molar-refractivity contribution in [3.8, 4) is 0 Å². The van der Waals surface area contributed by atoms with Gasteiger partial charge in [-0.3, -0.25) is 4.79 Å². The lowest BCUT2D eigenvalue weighted by atomic mass is 9.90. The van der Waals surface area contributed by atoms with E-state index in [1.807, 2.05) is 0 Å². The topological polar surface area (TPSA) is 17.1 Å². The number of halogens is 1. The molecule has 82 valence electrons. The molecule has 0 N–H and O–H groups in total. The second-order valence-corrected chi connectivity index (χ2v) is 4.91. The third kappa shape index (κ3) is 4.59. The summed E-state index contributed by atoms with van der Waals surface area (Å²) in [6, 6.07) is 0. The fourth-order valence-corrected chi connectivity index (χ4v) is 2.70. The van der Waals surface area contributed by atoms with E-state index in [0.717, 1.165) is 12.8 Å². The molecule has 0 aromatic carbocycles. The van der Waals surface area contributed by atoms with Gasteiger partial charge >= 0.3 is 0 Å². The molecule has 0 saturated heterocycles. The van der Waals surface area contributed by atoms with Crippen LogP contribution in [0.5, 0.6) is 0 Å². The van der Waals surface area contributed by atoms with Crippen molar-refractivity contribution in [1.82, 2.24) is 0 Å². The van der Waals surface area contributed by atoms with E-state index in [0.29, 0.717) is 17.0 Å². The fraction of sp³-hybridized carbons (Fsp3) is 0.917. The average Bonchev–Trinajstić information content (AvgIpc) is 2.24. The highest BCUT2D eigenvalue weighted by Gasteiger charge is 2.16. The quantitative estimate of drug-likeness (QED) is 0.684. The zero-order chi connectivity index (χ0) is 10.2. The summed E-state index contributed by atoms with van der Waals surface area (Å²) in [4.78, 5) is 11.6. The summed E-state index contributed by atoms with van der Waals surface area (Å²) in [5.74, 6) is 0.776. The van der Waals surface area contributed by atoms with Crippen molar-refractivity contribution in [2.45, 2.75) is 57.8 Å². The molecule has 14 heavy (non-hydrogen) atoms. The van der Waals surface area contributed by atoms with Crippen molar-refractivity contribution in [3.05, 3.63) is 0 Å². The van der Waals surface area contributed by atoms with E-state index >= 15 is 0 Å². The Morgan fingerprint density at radius 3 is 1.79 bits per heavy atom. The molecule has 2 heteroatoms. The first-order chi connectivity index (χ1) is 6.84. The molecular weight excluding hydrogens is 240 g/mol. The van der Waals surface area contributed by atoms with Crippen molar-refractivity contribution in [2.75, 3.05) is 5.33 Å². The third-order valence-corrected chi connectivity index (χ3v) is 3.74. The van der Waals surface area contributed by atoms with Crippen LogP contribution in [-0.2, 0) is 4.79 Å². The Labute approximate surface area is 95.8 Å². The van der Waals surface area contributed by atoms with Crippen molar-refractivity contribution in [1.29, 1.82) is 0 Å². The maximum absolute atomic E-state index is 11.6. The van der Waals surface area contributed by atoms with Crippen LogP contribution in [0.4, 0.5) is 0 Å². The van der Waals surface area contributed by atoms with Crippen LogP contribution in [0.1, 0.15) is 57.8 Å². The highest BCUT2D eigenvalue weighted by Crippen LogP contribution is 2.22. The van der Waals surface area contributed by atoms with Crippen LogP contribution in [0.2, 0.25) is 0 Å². The molecule has 1 aliphatic rings. The van der Waals surface area contributed by atoms with Crippen LogP contribution < -0.4 is 0 Å². The van der Waals surface area contributed by atoms with Crippen molar-refractivity contribution >= 4 is 21.7 Å². The molecule has 0 heterocycles. The van der Waals surface area contributed by atoms with E-state index in [1.54, 1.807) is 0 Å². The Morgan fingerprint density at radius 1 is 0.929 bits per heavy atom. The van der Waals surface area contributed by atoms with Crippen molar-refractivity contribution in [2.24, 2.45) is 5.92 Å². The molecule has 1 fully saturated rings. The first-order valence-corrected chi connectivity index (χ1v) is 7.05. The Balaban J connectivity index is 2.34. The van der Waals surface area contributed by atoms with Gasteiger partial charge in [-0.1, -0.05) is 60.9 Å². The van der Waals surface area contributed by atoms with Gasteiger partial charge in [0.1, 0.15) is 5.78 Å². The molecule has 0 bridgehead atoms. The lowest BCUT2D eigenvalue weighted by molar-refractivity contribution is -0.120. The number of carbonyl (C=O) groups excluding carboxylic acids is 1. The molecule has 0 amide bonds. The average molecular weight is 261 g/mol. The summed E-state index contributed by atoms with van der Waals surface area (Å²) in [6.45, 7) is 0. The van der Waals surface area contributed by atoms with Gasteiger partial charge in [0.2, 0.25) is 0 Å². The molecule has 1 saturated carbocycles. The lowest BCUT2D eigenvalue weighted by Crippen LogP contribution is -2.16. The number of alkyl halides is 1. The molecule has 1 nitrogen and oxygen atoms in total. The fourth-order valence-electron chi connectivity index (χ4n) is 2.24. The second-order valence-electron chi connectivity index (χ2n) is 4.35. The zero-order valence-electron chi connectivity index (χ0n) is 8.93. The van der Waals surface area contributed by atoms with Gasteiger partial charge in [0.25, 0.3) is 0 Å². The van der Waals surface area contributed by atoms with E-state index < -0.39 is 0 Å². The van der Waals surface area contributed by atoms with Crippen LogP contribution >= 0.6 is 15.9 Å². The number of hydrogen-bond acceptors (Lipinski definition) is 1. The molecule has 0 radical (unpaired) electrons. The summed E-state index contributed by atoms with van der Waals surface area (Å²) in [6.07, 6.45) is 11.6. The standard InChI is InChI=1S/C12H21BrO/c13-10-12(14)11-8-6-4-2-1-3-5-7-9-11/h11H,1-10H2. The normalized spacial score (nSPS) is 21.8. The van der Waals surface area contributed by atoms with Crippen LogP contribution in [0.25, 0.3) is 0 Å². The minimum atomic E-state index is 0.354. The SMILES string of the molecule is O=C(CBr)C1CCCCCCCCC1. The van der Waals surface area contributed by atoms with Gasteiger partial charge in [0.15, 0.2) is 0 Å². The number of ketones is 1. The van der Waals surface area contributed by atoms with Gasteiger partial charge in [-0.25, -0.2) is 0 Å². The van der Waals surface area contributed by atoms with Gasteiger partial charge < -0.3 is 0 Å². The van der Waals surface area contributed by atoms with E-state index in [1.165, 1.54) is 44.9 Å². The highest BCUT2D eigenvalue weighted by atomic mass is 79.9. The number of carbonyl (C=O) groups is 1. The van der Waals surface area contributed by atoms with Crippen molar-refractivity contribution in [3.63, 3.8) is 0 Å². The molecule has 0 atom stereocenters. The third-order valence-electron chi connectivity index (χ3n) is 3.19. The second kappa shape index (κ2) is 7.44. The van der Waals surface area contributed by atoms with Crippen LogP contribution in [0, 0.1) is 5.92 Å². The first-order valence-electron chi connectivity index (χ1n) is 5.93. The van der Waals surface area contributed by atoms with Gasteiger partial charge in [0.05, 0.1) is 5.33 Å². The van der Waals surface area contributed by atoms with Gasteiger partial charge in [-0.2, -0.15) is 0 Å². The molecule has 0 unspecified atom stereocenters. The summed E-state index contributed by atoms with van der Waals surface area (Å²) in [5.41, 5.74) is 0. The molecule has 1 aliphatic carbocycles. The lowest BCUT2D eigenvalue weighted by Gasteiger charge is -2.16. The minimum Gasteiger partial charge on any atom is -0.298 e. The molecule has 0 aromatic rings. The number of hydrogen-bond donors (Lipinski definition) is 0. The van der Waals surface area contributed by atoms with E-state index in [2.05, 4.69) is 15.9 Å². The predicted molar refractivity (Wildman–Crippen MR) is 63.8 cm³/mol. The highest BCUT2D eigenvalue weighted by molar-refractivity contribution is 9.09. The van der Waals surface area contributed by atoms with Gasteiger partial charge in [-0.05, 0) is 12.8 Å². The summed E-state index contributed by atoms with van der Waals surface area (Å²) in [5, 5.41) is 0.553. The summed E-state index contributed by atoms with van der Waals surface area (Å²) < 4.78 is 0. The number of Topliss-reactive ketones (excluding diaryl/α,β-unsaturated/α-hetero) is 1. The Bertz CT molecular complexity index is 158. The van der Waals surface area contributed by atoms with Crippen molar-refractivity contribution < 1.29 is 4.79 Å². The largest absolute Gasteiger partial charge is 0.298 e. The van der Waals surface area contributed by atoms with E-state index in [4.69, 9.17) is 0 Å². The Hall–Kier alpha value is 0.150. The Kier molecular flexibility index (Phi) is 6.50. The maximum Gasteiger partial charge on any atom is 0.146 e. The summed E-state index contributed by atoms with van der Waals surface area (Å²) in [7, 11) is 0. The monoisotopic (exact) mass is 260 g/mol. The molecule has 0 spiro atoms. The predicted octanol–water partition coefficient (Wildman–Crippen LogP) is 4.09. The van der Waals surface area contributed by atoms with Gasteiger partial charge in [0, 0.05) is 5.92 Å². The van der Waals surface area contributed by atoms with Gasteiger partial charge in [-0.15, -0.1) is 0 Å². The van der Waals surface area contributed by atoms with E-state index in [9.17, 15) is 4.79 Å². The van der Waals surface area contributed by atoms with Crippen LogP contribution in [0.3, 0.4) is 0 Å². The molecule has 0 aliphatic heterocycles. The molecule has 1 rings (SSSR count). The Morgan fingerprint density at radius 2 is 1.36 bits per heavy atom. The zero-order valence-corrected chi connectivity index (χ0v) is 10.5. The summed E-state index contributed by atoms with van der Waals surface area (Å²) >= 11 is 3.28. The van der Waals surface area contributed by atoms with Crippen LogP contribution in [0.15, 0.2) is 0 Å². The maximum atomic E-state index is 11.6. The number of rotatable bonds is 2. The smallest absolute Gasteiger partial charge is 0.146 e. The first kappa shape index (κ1) is 12.2. The molecular formula is C12H21BrO. The molecule has 0 aromatic heterocycles. The van der Waals surface area contributed by atoms with E-state index in [-0.39, 0.29) is 0 Å². The minimum absolute atomic E-state index is 0.354.